The average Bonchev–Trinajstić information content (AvgIpc) is 2.30. The molecule has 0 atom stereocenters. The van der Waals surface area contributed by atoms with Gasteiger partial charge in [0.05, 0.1) is 26.9 Å². The van der Waals surface area contributed by atoms with Crippen LogP contribution in [0.1, 0.15) is 17.4 Å². The van der Waals surface area contributed by atoms with Crippen molar-refractivity contribution in [3.8, 4) is 0 Å². The van der Waals surface area contributed by atoms with Crippen LogP contribution in [0.2, 0.25) is 0 Å². The van der Waals surface area contributed by atoms with Crippen LogP contribution in [0.3, 0.4) is 0 Å². The molecular formula is C6H6INO3S. The fraction of sp³-hybridized carbons (Fsp3) is 0.167. The van der Waals surface area contributed by atoms with Crippen LogP contribution in [0.5, 0.6) is 0 Å². The lowest BCUT2D eigenvalue weighted by Gasteiger charge is -2.00. The lowest BCUT2D eigenvalue weighted by Crippen LogP contribution is -2.09. The van der Waals surface area contributed by atoms with Crippen LogP contribution in [0.4, 0.5) is 0 Å². The van der Waals surface area contributed by atoms with E-state index < -0.39 is 7.19 Å². The van der Waals surface area contributed by atoms with Gasteiger partial charge in [-0.3, -0.25) is 4.79 Å². The predicted octanol–water partition coefficient (Wildman–Crippen LogP) is 1.22. The van der Waals surface area contributed by atoms with E-state index in [0.29, 0.717) is 0 Å². The van der Waals surface area contributed by atoms with Crippen molar-refractivity contribution < 1.29 is 13.2 Å². The van der Waals surface area contributed by atoms with E-state index in [1.165, 1.54) is 46.5 Å². The maximum Gasteiger partial charge on any atom is 0.292 e. The molecule has 0 radical (unpaired) electrons. The fourth-order valence-corrected chi connectivity index (χ4v) is 2.50. The number of rotatable bonds is 2. The maximum absolute atomic E-state index is 11.0. The van der Waals surface area contributed by atoms with E-state index in [9.17, 15) is 13.2 Å². The van der Waals surface area contributed by atoms with Crippen LogP contribution in [-0.2, 0) is 7.19 Å². The summed E-state index contributed by atoms with van der Waals surface area (Å²) in [6.45, 7) is 1.33. The number of carbonyl (C=O) groups excluding carboxylic acids is 1. The van der Waals surface area contributed by atoms with E-state index in [1.54, 1.807) is 0 Å². The quantitative estimate of drug-likeness (QED) is 0.469. The van der Waals surface area contributed by atoms with E-state index in [-0.39, 0.29) is 11.5 Å². The zero-order valence-corrected chi connectivity index (χ0v) is 9.16. The minimum Gasteiger partial charge on any atom is -0.293 e. The average molecular weight is 299 g/mol. The monoisotopic (exact) mass is 299 g/mol. The van der Waals surface area contributed by atoms with Gasteiger partial charge in [-0.1, -0.05) is 0 Å². The molecule has 0 aliphatic rings. The van der Waals surface area contributed by atoms with Crippen molar-refractivity contribution in [3.05, 3.63) is 24.0 Å². The van der Waals surface area contributed by atoms with Gasteiger partial charge in [0, 0.05) is 13.1 Å². The Labute approximate surface area is 82.2 Å². The van der Waals surface area contributed by atoms with Gasteiger partial charge in [0.2, 0.25) is 0 Å². The third kappa shape index (κ3) is 1.86. The van der Waals surface area contributed by atoms with Gasteiger partial charge in [0.25, 0.3) is 7.19 Å². The summed E-state index contributed by atoms with van der Waals surface area (Å²) < 4.78 is 23.0. The number of aromatic nitrogens is 1. The summed E-state index contributed by atoms with van der Waals surface area (Å²) in [5.74, 6) is -0.264. The Bertz CT molecular complexity index is 406. The van der Waals surface area contributed by atoms with Gasteiger partial charge in [0.1, 0.15) is 0 Å². The number of nitrogens with zero attached hydrogens (tertiary/aromatic N) is 1. The molecule has 6 heteroatoms. The molecule has 0 aromatic carbocycles. The highest BCUT2D eigenvalue weighted by molar-refractivity contribution is 14.2. The predicted molar refractivity (Wildman–Crippen MR) is 52.8 cm³/mol. The van der Waals surface area contributed by atoms with Crippen LogP contribution in [0.15, 0.2) is 18.3 Å². The van der Waals surface area contributed by atoms with Crippen LogP contribution >= 0.6 is 21.2 Å². The number of hydrogen-bond donors (Lipinski definition) is 0. The molecule has 0 saturated carbocycles. The summed E-state index contributed by atoms with van der Waals surface area (Å²) in [5, 5.41) is 0. The third-order valence-electron chi connectivity index (χ3n) is 1.31. The second kappa shape index (κ2) is 3.17. The third-order valence-corrected chi connectivity index (χ3v) is 3.37. The largest absolute Gasteiger partial charge is 0.293 e. The first-order valence-electron chi connectivity index (χ1n) is 3.06. The van der Waals surface area contributed by atoms with Crippen molar-refractivity contribution in [2.45, 2.75) is 6.92 Å². The van der Waals surface area contributed by atoms with Gasteiger partial charge >= 0.3 is 0 Å². The van der Waals surface area contributed by atoms with E-state index in [1.807, 2.05) is 0 Å². The van der Waals surface area contributed by atoms with Gasteiger partial charge in [-0.15, -0.1) is 0 Å². The van der Waals surface area contributed by atoms with Crippen LogP contribution < -0.4 is 0 Å². The van der Waals surface area contributed by atoms with Crippen molar-refractivity contribution in [2.75, 3.05) is 0 Å². The van der Waals surface area contributed by atoms with Crippen LogP contribution in [-0.4, -0.2) is 18.2 Å². The summed E-state index contributed by atoms with van der Waals surface area (Å²) >= 11 is 1.28. The molecule has 0 aliphatic heterocycles. The van der Waals surface area contributed by atoms with Crippen molar-refractivity contribution in [1.29, 1.82) is 0 Å². The highest BCUT2D eigenvalue weighted by Gasteiger charge is 2.13. The number of hydrogen-bond acceptors (Lipinski definition) is 3. The molecule has 12 heavy (non-hydrogen) atoms. The number of ketones is 1. The van der Waals surface area contributed by atoms with Crippen molar-refractivity contribution in [3.63, 3.8) is 0 Å². The van der Waals surface area contributed by atoms with Gasteiger partial charge in [-0.05, 0) is 12.1 Å². The molecule has 0 bridgehead atoms. The second-order valence-electron chi connectivity index (χ2n) is 2.19. The Morgan fingerprint density at radius 1 is 1.58 bits per heavy atom. The Balaban J connectivity index is 3.36. The summed E-state index contributed by atoms with van der Waals surface area (Å²) in [4.78, 5) is 10.9. The molecule has 1 aromatic rings. The van der Waals surface area contributed by atoms with E-state index in [0.717, 1.165) is 3.97 Å². The standard InChI is InChI=1S/C6H6INO3S/c1-5(9)6-3-2-4-8(6)12(7,10)11/h2-4H,1H3. The first-order valence-corrected chi connectivity index (χ1v) is 7.04. The first kappa shape index (κ1) is 9.72. The Kier molecular flexibility index (Phi) is 2.57. The normalized spacial score (nSPS) is 11.5. The van der Waals surface area contributed by atoms with Crippen LogP contribution in [0, 0.1) is 0 Å². The maximum atomic E-state index is 11.0. The fourth-order valence-electron chi connectivity index (χ4n) is 0.829. The molecule has 66 valence electrons. The smallest absolute Gasteiger partial charge is 0.292 e. The number of halogens is 1. The molecule has 0 amide bonds. The Morgan fingerprint density at radius 3 is 2.50 bits per heavy atom. The van der Waals surface area contributed by atoms with E-state index in [2.05, 4.69) is 0 Å². The molecule has 0 aliphatic carbocycles. The molecule has 4 nitrogen and oxygen atoms in total. The zero-order chi connectivity index (χ0) is 9.35. The van der Waals surface area contributed by atoms with Crippen molar-refractivity contribution >= 4 is 34.2 Å². The molecule has 1 rings (SSSR count). The Morgan fingerprint density at radius 2 is 2.17 bits per heavy atom. The first-order chi connectivity index (χ1) is 5.43. The summed E-state index contributed by atoms with van der Waals surface area (Å²) in [6, 6.07) is 2.99. The Hall–Kier alpha value is -0.370. The van der Waals surface area contributed by atoms with Crippen molar-refractivity contribution in [1.82, 2.24) is 3.97 Å². The van der Waals surface area contributed by atoms with Gasteiger partial charge in [0.15, 0.2) is 5.78 Å². The lowest BCUT2D eigenvalue weighted by molar-refractivity contribution is 0.101. The van der Waals surface area contributed by atoms with Crippen LogP contribution in [0.25, 0.3) is 0 Å². The van der Waals surface area contributed by atoms with E-state index >= 15 is 0 Å². The summed E-state index contributed by atoms with van der Waals surface area (Å²) in [7, 11) is -3.37. The minimum absolute atomic E-state index is 0.185. The summed E-state index contributed by atoms with van der Waals surface area (Å²) in [6.07, 6.45) is 1.35. The molecule has 0 fully saturated rings. The lowest BCUT2D eigenvalue weighted by atomic mass is 10.3. The molecule has 0 unspecified atom stereocenters. The minimum atomic E-state index is -3.37. The van der Waals surface area contributed by atoms with E-state index in [4.69, 9.17) is 0 Å². The SMILES string of the molecule is CC(=O)c1cccn1S(=O)(=O)I. The highest BCUT2D eigenvalue weighted by atomic mass is 127. The molecule has 0 spiro atoms. The molecular weight excluding hydrogens is 293 g/mol. The topological polar surface area (TPSA) is 56.1 Å². The highest BCUT2D eigenvalue weighted by Crippen LogP contribution is 2.12. The number of carbonyl (C=O) groups is 1. The second-order valence-corrected chi connectivity index (χ2v) is 6.74. The van der Waals surface area contributed by atoms with Gasteiger partial charge in [-0.25, -0.2) is 3.97 Å². The van der Waals surface area contributed by atoms with Gasteiger partial charge in [-0.2, -0.15) is 8.42 Å². The zero-order valence-electron chi connectivity index (χ0n) is 6.19. The summed E-state index contributed by atoms with van der Waals surface area (Å²) in [5.41, 5.74) is 0.185. The van der Waals surface area contributed by atoms with Crippen molar-refractivity contribution in [2.24, 2.45) is 0 Å². The van der Waals surface area contributed by atoms with Gasteiger partial charge < -0.3 is 0 Å². The molecule has 0 saturated heterocycles. The molecule has 0 N–H and O–H groups in total. The molecule has 1 aromatic heterocycles. The number of Topliss-reactive ketones (excluding diaryl/α,β-unsaturated/α-hetero) is 1. The molecule has 1 heterocycles.